The van der Waals surface area contributed by atoms with Gasteiger partial charge in [-0.25, -0.2) is 14.1 Å². The molecule has 0 amide bonds. The molecule has 6 nitrogen and oxygen atoms in total. The van der Waals surface area contributed by atoms with Gasteiger partial charge in [0, 0.05) is 10.0 Å². The number of rotatable bonds is 4. The lowest BCUT2D eigenvalue weighted by atomic mass is 10.2. The van der Waals surface area contributed by atoms with Crippen LogP contribution in [0.2, 0.25) is 10.0 Å². The largest absolute Gasteiger partial charge is 0.293 e. The second-order valence-corrected chi connectivity index (χ2v) is 6.74. The summed E-state index contributed by atoms with van der Waals surface area (Å²) in [6.45, 7) is 0.495. The number of nitrogens with zero attached hydrogens (tertiary/aromatic N) is 5. The molecule has 9 heteroatoms. The molecule has 0 aliphatic heterocycles. The molecule has 136 valence electrons. The van der Waals surface area contributed by atoms with Gasteiger partial charge in [-0.1, -0.05) is 52.7 Å². The molecule has 4 aromatic rings. The summed E-state index contributed by atoms with van der Waals surface area (Å²) in [5.41, 5.74) is 1.59. The van der Waals surface area contributed by atoms with Crippen molar-refractivity contribution in [3.63, 3.8) is 0 Å². The Morgan fingerprint density at radius 1 is 1.00 bits per heavy atom. The van der Waals surface area contributed by atoms with Gasteiger partial charge in [0.05, 0.1) is 13.1 Å². The Kier molecular flexibility index (Phi) is 4.63. The lowest BCUT2D eigenvalue weighted by Gasteiger charge is -2.08. The van der Waals surface area contributed by atoms with E-state index in [-0.39, 0.29) is 22.6 Å². The molecule has 0 atom stereocenters. The minimum atomic E-state index is -0.438. The maximum Gasteiger partial charge on any atom is 0.283 e. The normalized spacial score (nSPS) is 11.2. The van der Waals surface area contributed by atoms with Crippen LogP contribution in [0.25, 0.3) is 11.2 Å². The fourth-order valence-corrected chi connectivity index (χ4v) is 3.15. The average molecular weight is 404 g/mol. The van der Waals surface area contributed by atoms with Crippen molar-refractivity contribution in [3.05, 3.63) is 86.1 Å². The highest BCUT2D eigenvalue weighted by atomic mass is 35.5. The Morgan fingerprint density at radius 3 is 2.56 bits per heavy atom. The Labute approximate surface area is 162 Å². The quantitative estimate of drug-likeness (QED) is 0.522. The number of fused-ring (bicyclic) bond motifs is 1. The van der Waals surface area contributed by atoms with Crippen LogP contribution >= 0.6 is 23.2 Å². The van der Waals surface area contributed by atoms with Crippen molar-refractivity contribution in [2.45, 2.75) is 13.1 Å². The van der Waals surface area contributed by atoms with Crippen LogP contribution in [0, 0.1) is 5.82 Å². The number of benzene rings is 2. The molecule has 2 heterocycles. The lowest BCUT2D eigenvalue weighted by molar-refractivity contribution is 0.626. The smallest absolute Gasteiger partial charge is 0.283 e. The van der Waals surface area contributed by atoms with Crippen LogP contribution < -0.4 is 5.56 Å². The predicted molar refractivity (Wildman–Crippen MR) is 101 cm³/mol. The first-order chi connectivity index (χ1) is 13.0. The maximum absolute atomic E-state index is 13.2. The molecule has 0 fully saturated rings. The number of halogens is 3. The third-order valence-corrected chi connectivity index (χ3v) is 4.85. The first-order valence-electron chi connectivity index (χ1n) is 7.99. The van der Waals surface area contributed by atoms with Crippen molar-refractivity contribution in [1.29, 1.82) is 0 Å². The topological polar surface area (TPSA) is 65.6 Å². The van der Waals surface area contributed by atoms with E-state index in [1.807, 2.05) is 18.2 Å². The van der Waals surface area contributed by atoms with Crippen molar-refractivity contribution in [2.24, 2.45) is 0 Å². The van der Waals surface area contributed by atoms with E-state index in [0.29, 0.717) is 22.8 Å². The van der Waals surface area contributed by atoms with Gasteiger partial charge in [-0.3, -0.25) is 9.36 Å². The average Bonchev–Trinajstić information content (AvgIpc) is 3.05. The Balaban J connectivity index is 1.69. The van der Waals surface area contributed by atoms with Crippen LogP contribution in [0.15, 0.2) is 53.6 Å². The van der Waals surface area contributed by atoms with Gasteiger partial charge >= 0.3 is 0 Å². The van der Waals surface area contributed by atoms with Crippen LogP contribution in [0.5, 0.6) is 0 Å². The highest BCUT2D eigenvalue weighted by molar-refractivity contribution is 6.31. The summed E-state index contributed by atoms with van der Waals surface area (Å²) in [5.74, 6) is -0.438. The second kappa shape index (κ2) is 7.09. The summed E-state index contributed by atoms with van der Waals surface area (Å²) in [4.78, 5) is 17.0. The van der Waals surface area contributed by atoms with Crippen molar-refractivity contribution in [2.75, 3.05) is 0 Å². The number of hydrogen-bond acceptors (Lipinski definition) is 4. The minimum absolute atomic E-state index is 0.141. The van der Waals surface area contributed by atoms with Crippen LogP contribution in [-0.2, 0) is 13.1 Å². The Bertz CT molecular complexity index is 1200. The first-order valence-corrected chi connectivity index (χ1v) is 8.74. The molecule has 4 rings (SSSR count). The third-order valence-electron chi connectivity index (χ3n) is 4.13. The van der Waals surface area contributed by atoms with Crippen LogP contribution in [0.4, 0.5) is 4.39 Å². The van der Waals surface area contributed by atoms with Crippen LogP contribution in [0.1, 0.15) is 11.1 Å². The zero-order chi connectivity index (χ0) is 19.0. The van der Waals surface area contributed by atoms with Crippen LogP contribution in [-0.4, -0.2) is 24.5 Å². The van der Waals surface area contributed by atoms with Gasteiger partial charge in [-0.15, -0.1) is 5.10 Å². The molecule has 0 bridgehead atoms. The van der Waals surface area contributed by atoms with E-state index < -0.39 is 5.82 Å². The summed E-state index contributed by atoms with van der Waals surface area (Å²) in [6.07, 6.45) is 1.40. The third kappa shape index (κ3) is 3.43. The molecule has 0 saturated carbocycles. The van der Waals surface area contributed by atoms with Gasteiger partial charge < -0.3 is 0 Å². The maximum atomic E-state index is 13.2. The molecule has 2 aromatic heterocycles. The van der Waals surface area contributed by atoms with E-state index >= 15 is 0 Å². The molecule has 0 radical (unpaired) electrons. The van der Waals surface area contributed by atoms with Gasteiger partial charge in [-0.05, 0) is 29.3 Å². The molecular weight excluding hydrogens is 392 g/mol. The van der Waals surface area contributed by atoms with E-state index in [0.717, 1.165) is 5.56 Å². The minimum Gasteiger partial charge on any atom is -0.293 e. The highest BCUT2D eigenvalue weighted by Crippen LogP contribution is 2.19. The van der Waals surface area contributed by atoms with E-state index in [9.17, 15) is 9.18 Å². The SMILES string of the molecule is O=c1c2nnn(Cc3ccccc3Cl)c2ncn1Cc1ccc(F)cc1Cl. The van der Waals surface area contributed by atoms with Crippen molar-refractivity contribution < 1.29 is 4.39 Å². The van der Waals surface area contributed by atoms with E-state index in [1.165, 1.54) is 33.8 Å². The van der Waals surface area contributed by atoms with Gasteiger partial charge in [0.15, 0.2) is 11.2 Å². The molecule has 0 saturated heterocycles. The van der Waals surface area contributed by atoms with Gasteiger partial charge in [0.2, 0.25) is 0 Å². The van der Waals surface area contributed by atoms with Gasteiger partial charge in [0.1, 0.15) is 12.1 Å². The molecule has 0 aliphatic rings. The summed E-state index contributed by atoms with van der Waals surface area (Å²) >= 11 is 12.2. The lowest BCUT2D eigenvalue weighted by Crippen LogP contribution is -2.22. The Hall–Kier alpha value is -2.77. The zero-order valence-electron chi connectivity index (χ0n) is 13.8. The van der Waals surface area contributed by atoms with Crippen molar-refractivity contribution in [1.82, 2.24) is 24.5 Å². The predicted octanol–water partition coefficient (Wildman–Crippen LogP) is 3.53. The second-order valence-electron chi connectivity index (χ2n) is 5.92. The van der Waals surface area contributed by atoms with Gasteiger partial charge in [-0.2, -0.15) is 0 Å². The standard InChI is InChI=1S/C18H12Cl2FN5O/c19-14-4-2-1-3-11(14)9-26-17-16(23-24-26)18(27)25(10-22-17)8-12-5-6-13(21)7-15(12)20/h1-7,10H,8-9H2. The molecule has 27 heavy (non-hydrogen) atoms. The summed E-state index contributed by atoms with van der Waals surface area (Å²) in [7, 11) is 0. The fourth-order valence-electron chi connectivity index (χ4n) is 2.73. The zero-order valence-corrected chi connectivity index (χ0v) is 15.3. The summed E-state index contributed by atoms with van der Waals surface area (Å²) in [6, 6.07) is 11.4. The molecule has 0 unspecified atom stereocenters. The Morgan fingerprint density at radius 2 is 1.78 bits per heavy atom. The summed E-state index contributed by atoms with van der Waals surface area (Å²) < 4.78 is 16.1. The van der Waals surface area contributed by atoms with Crippen LogP contribution in [0.3, 0.4) is 0 Å². The van der Waals surface area contributed by atoms with E-state index in [1.54, 1.807) is 6.07 Å². The number of hydrogen-bond donors (Lipinski definition) is 0. The molecule has 0 N–H and O–H groups in total. The molecular formula is C18H12Cl2FN5O. The highest BCUT2D eigenvalue weighted by Gasteiger charge is 2.14. The van der Waals surface area contributed by atoms with Crippen molar-refractivity contribution in [3.8, 4) is 0 Å². The number of aromatic nitrogens is 5. The van der Waals surface area contributed by atoms with E-state index in [2.05, 4.69) is 15.3 Å². The molecule has 2 aromatic carbocycles. The monoisotopic (exact) mass is 403 g/mol. The first kappa shape index (κ1) is 17.6. The van der Waals surface area contributed by atoms with E-state index in [4.69, 9.17) is 23.2 Å². The molecule has 0 spiro atoms. The summed E-state index contributed by atoms with van der Waals surface area (Å²) in [5, 5.41) is 8.83. The van der Waals surface area contributed by atoms with Gasteiger partial charge in [0.25, 0.3) is 5.56 Å². The van der Waals surface area contributed by atoms with Crippen molar-refractivity contribution >= 4 is 34.4 Å². The molecule has 0 aliphatic carbocycles. The fraction of sp³-hybridized carbons (Fsp3) is 0.111.